The summed E-state index contributed by atoms with van der Waals surface area (Å²) in [5, 5.41) is 0. The quantitative estimate of drug-likeness (QED) is 0.666. The molecule has 1 aromatic carbocycles. The van der Waals surface area contributed by atoms with Gasteiger partial charge in [-0.3, -0.25) is 4.90 Å². The van der Waals surface area contributed by atoms with Gasteiger partial charge >= 0.3 is 0 Å². The van der Waals surface area contributed by atoms with Crippen LogP contribution < -0.4 is 10.5 Å². The summed E-state index contributed by atoms with van der Waals surface area (Å²) >= 11 is 0. The van der Waals surface area contributed by atoms with E-state index in [2.05, 4.69) is 9.80 Å². The van der Waals surface area contributed by atoms with E-state index in [0.717, 1.165) is 37.1 Å². The third-order valence-corrected chi connectivity index (χ3v) is 4.68. The number of hydrogen-bond acceptors (Lipinski definition) is 4. The molecule has 0 aromatic heterocycles. The van der Waals surface area contributed by atoms with Gasteiger partial charge in [0, 0.05) is 19.1 Å². The third-order valence-electron chi connectivity index (χ3n) is 4.68. The molecule has 2 heterocycles. The first-order chi connectivity index (χ1) is 10.3. The van der Waals surface area contributed by atoms with E-state index in [1.165, 1.54) is 45.4 Å². The molecule has 2 saturated heterocycles. The molecular formula is C17H27N3O. The molecule has 1 aromatic rings. The Balaban J connectivity index is 1.40. The number of rotatable bonds is 5. The number of benzene rings is 1. The van der Waals surface area contributed by atoms with Crippen molar-refractivity contribution in [2.24, 2.45) is 0 Å². The van der Waals surface area contributed by atoms with Gasteiger partial charge in [0.15, 0.2) is 0 Å². The molecule has 2 aliphatic heterocycles. The lowest BCUT2D eigenvalue weighted by Crippen LogP contribution is -2.37. The maximum absolute atomic E-state index is 5.88. The predicted octanol–water partition coefficient (Wildman–Crippen LogP) is 2.21. The molecule has 2 fully saturated rings. The summed E-state index contributed by atoms with van der Waals surface area (Å²) in [5.74, 6) is 0.815. The third kappa shape index (κ3) is 3.89. The Morgan fingerprint density at radius 3 is 2.90 bits per heavy atom. The van der Waals surface area contributed by atoms with Crippen molar-refractivity contribution >= 4 is 5.69 Å². The average Bonchev–Trinajstić information content (AvgIpc) is 2.83. The lowest BCUT2D eigenvalue weighted by Gasteiger charge is -2.25. The summed E-state index contributed by atoms with van der Waals surface area (Å²) in [6, 6.07) is 8.54. The van der Waals surface area contributed by atoms with Gasteiger partial charge in [-0.15, -0.1) is 0 Å². The number of nitrogen functional groups attached to an aromatic ring is 1. The van der Waals surface area contributed by atoms with E-state index >= 15 is 0 Å². The van der Waals surface area contributed by atoms with Crippen molar-refractivity contribution in [3.63, 3.8) is 0 Å². The smallest absolute Gasteiger partial charge is 0.142 e. The number of para-hydroxylation sites is 2. The summed E-state index contributed by atoms with van der Waals surface area (Å²) in [6.07, 6.45) is 5.15. The van der Waals surface area contributed by atoms with Gasteiger partial charge in [0.05, 0.1) is 12.3 Å². The van der Waals surface area contributed by atoms with Gasteiger partial charge in [-0.05, 0) is 57.5 Å². The minimum Gasteiger partial charge on any atom is -0.491 e. The van der Waals surface area contributed by atoms with Crippen LogP contribution in [0.15, 0.2) is 24.3 Å². The normalized spacial score (nSPS) is 23.7. The average molecular weight is 289 g/mol. The monoisotopic (exact) mass is 289 g/mol. The van der Waals surface area contributed by atoms with E-state index in [1.54, 1.807) is 0 Å². The number of ether oxygens (including phenoxy) is 1. The maximum Gasteiger partial charge on any atom is 0.142 e. The Kier molecular flexibility index (Phi) is 4.99. The zero-order chi connectivity index (χ0) is 14.5. The molecule has 1 unspecified atom stereocenters. The predicted molar refractivity (Wildman–Crippen MR) is 86.6 cm³/mol. The number of fused-ring (bicyclic) bond motifs is 1. The van der Waals surface area contributed by atoms with E-state index < -0.39 is 0 Å². The number of anilines is 1. The summed E-state index contributed by atoms with van der Waals surface area (Å²) in [5.41, 5.74) is 6.61. The van der Waals surface area contributed by atoms with Gasteiger partial charge < -0.3 is 15.4 Å². The second-order valence-electron chi connectivity index (χ2n) is 6.23. The van der Waals surface area contributed by atoms with Crippen molar-refractivity contribution in [3.8, 4) is 5.75 Å². The van der Waals surface area contributed by atoms with Crippen LogP contribution in [0.5, 0.6) is 5.75 Å². The Hall–Kier alpha value is -1.26. The molecule has 4 nitrogen and oxygen atoms in total. The Morgan fingerprint density at radius 1 is 1.14 bits per heavy atom. The van der Waals surface area contributed by atoms with Gasteiger partial charge in [-0.1, -0.05) is 12.1 Å². The fourth-order valence-corrected chi connectivity index (χ4v) is 3.57. The summed E-state index contributed by atoms with van der Waals surface area (Å²) in [4.78, 5) is 5.30. The summed E-state index contributed by atoms with van der Waals surface area (Å²) in [7, 11) is 0. The first-order valence-corrected chi connectivity index (χ1v) is 8.26. The summed E-state index contributed by atoms with van der Waals surface area (Å²) in [6.45, 7) is 6.97. The number of nitrogens with zero attached hydrogens (tertiary/aromatic N) is 2. The molecule has 2 aliphatic rings. The van der Waals surface area contributed by atoms with Crippen molar-refractivity contribution in [2.45, 2.75) is 31.7 Å². The van der Waals surface area contributed by atoms with Gasteiger partial charge in [-0.2, -0.15) is 0 Å². The van der Waals surface area contributed by atoms with Crippen LogP contribution in [0, 0.1) is 0 Å². The lowest BCUT2D eigenvalue weighted by atomic mass is 10.2. The fourth-order valence-electron chi connectivity index (χ4n) is 3.57. The fraction of sp³-hybridized carbons (Fsp3) is 0.647. The van der Waals surface area contributed by atoms with Crippen molar-refractivity contribution < 1.29 is 4.74 Å². The first kappa shape index (κ1) is 14.7. The van der Waals surface area contributed by atoms with Crippen LogP contribution in [0.25, 0.3) is 0 Å². The van der Waals surface area contributed by atoms with E-state index in [0.29, 0.717) is 0 Å². The van der Waals surface area contributed by atoms with Crippen LogP contribution in [0.2, 0.25) is 0 Å². The molecule has 21 heavy (non-hydrogen) atoms. The van der Waals surface area contributed by atoms with Gasteiger partial charge in [0.1, 0.15) is 5.75 Å². The summed E-state index contributed by atoms with van der Waals surface area (Å²) < 4.78 is 5.78. The number of nitrogens with two attached hydrogens (primary N) is 1. The topological polar surface area (TPSA) is 41.7 Å². The van der Waals surface area contributed by atoms with Crippen LogP contribution in [0.4, 0.5) is 5.69 Å². The van der Waals surface area contributed by atoms with Crippen LogP contribution in [-0.4, -0.2) is 55.2 Å². The molecule has 2 N–H and O–H groups in total. The zero-order valence-electron chi connectivity index (χ0n) is 12.8. The van der Waals surface area contributed by atoms with Gasteiger partial charge in [0.25, 0.3) is 0 Å². The van der Waals surface area contributed by atoms with Crippen LogP contribution in [-0.2, 0) is 0 Å². The molecule has 116 valence electrons. The highest BCUT2D eigenvalue weighted by atomic mass is 16.5. The van der Waals surface area contributed by atoms with E-state index in [1.807, 2.05) is 24.3 Å². The molecule has 3 rings (SSSR count). The maximum atomic E-state index is 5.88. The highest BCUT2D eigenvalue weighted by Crippen LogP contribution is 2.22. The number of hydrogen-bond donors (Lipinski definition) is 1. The van der Waals surface area contributed by atoms with Crippen LogP contribution in [0.1, 0.15) is 25.7 Å². The minimum absolute atomic E-state index is 0.730. The van der Waals surface area contributed by atoms with E-state index in [4.69, 9.17) is 10.5 Å². The Bertz CT molecular complexity index is 451. The Labute approximate surface area is 127 Å². The van der Waals surface area contributed by atoms with Gasteiger partial charge in [0.2, 0.25) is 0 Å². The largest absolute Gasteiger partial charge is 0.491 e. The molecule has 4 heteroatoms. The molecule has 1 atom stereocenters. The van der Waals surface area contributed by atoms with E-state index in [9.17, 15) is 0 Å². The second kappa shape index (κ2) is 7.14. The van der Waals surface area contributed by atoms with Crippen LogP contribution >= 0.6 is 0 Å². The SMILES string of the molecule is Nc1ccccc1OCCCN1CCCN2CCCC2C1. The zero-order valence-corrected chi connectivity index (χ0v) is 12.8. The molecular weight excluding hydrogens is 262 g/mol. The Morgan fingerprint density at radius 2 is 2.00 bits per heavy atom. The minimum atomic E-state index is 0.730. The molecule has 0 aliphatic carbocycles. The highest BCUT2D eigenvalue weighted by Gasteiger charge is 2.28. The van der Waals surface area contributed by atoms with Crippen LogP contribution in [0.3, 0.4) is 0 Å². The molecule has 0 saturated carbocycles. The highest BCUT2D eigenvalue weighted by molar-refractivity contribution is 5.51. The van der Waals surface area contributed by atoms with Crippen molar-refractivity contribution in [3.05, 3.63) is 24.3 Å². The first-order valence-electron chi connectivity index (χ1n) is 8.26. The van der Waals surface area contributed by atoms with Crippen molar-refractivity contribution in [2.75, 3.05) is 45.1 Å². The molecule has 0 radical (unpaired) electrons. The molecule has 0 bridgehead atoms. The standard InChI is InChI=1S/C17H27N3O/c18-16-7-1-2-8-17(16)21-13-5-10-19-9-4-12-20-11-3-6-15(20)14-19/h1-2,7-8,15H,3-6,9-14,18H2. The molecule has 0 spiro atoms. The van der Waals surface area contributed by atoms with Crippen molar-refractivity contribution in [1.29, 1.82) is 0 Å². The lowest BCUT2D eigenvalue weighted by molar-refractivity contribution is 0.205. The van der Waals surface area contributed by atoms with Gasteiger partial charge in [-0.25, -0.2) is 0 Å². The van der Waals surface area contributed by atoms with Crippen molar-refractivity contribution in [1.82, 2.24) is 9.80 Å². The van der Waals surface area contributed by atoms with E-state index in [-0.39, 0.29) is 0 Å². The second-order valence-corrected chi connectivity index (χ2v) is 6.23. The molecule has 0 amide bonds.